The SMILES string of the molecule is COc1ccc(C=CC(=O)OCc2csc(Nc3ccccc3)n2)cc1OC. The largest absolute Gasteiger partial charge is 0.493 e. The molecule has 144 valence electrons. The van der Waals surface area contributed by atoms with Gasteiger partial charge in [-0.15, -0.1) is 11.3 Å². The van der Waals surface area contributed by atoms with Crippen molar-refractivity contribution in [2.45, 2.75) is 6.61 Å². The van der Waals surface area contributed by atoms with Crippen molar-refractivity contribution in [2.24, 2.45) is 0 Å². The fourth-order valence-electron chi connectivity index (χ4n) is 2.39. The molecule has 1 heterocycles. The first kappa shape index (κ1) is 19.4. The highest BCUT2D eigenvalue weighted by atomic mass is 32.1. The quantitative estimate of drug-likeness (QED) is 0.441. The number of thiazole rings is 1. The second kappa shape index (κ2) is 9.57. The lowest BCUT2D eigenvalue weighted by atomic mass is 10.2. The number of carbonyl (C=O) groups excluding carboxylic acids is 1. The van der Waals surface area contributed by atoms with E-state index in [0.717, 1.165) is 16.4 Å². The van der Waals surface area contributed by atoms with Gasteiger partial charge in [-0.05, 0) is 35.9 Å². The number of nitrogens with zero attached hydrogens (tertiary/aromatic N) is 1. The molecule has 3 aromatic rings. The minimum absolute atomic E-state index is 0.113. The van der Waals surface area contributed by atoms with E-state index in [1.807, 2.05) is 41.8 Å². The van der Waals surface area contributed by atoms with E-state index >= 15 is 0 Å². The summed E-state index contributed by atoms with van der Waals surface area (Å²) >= 11 is 1.46. The third-order valence-electron chi connectivity index (χ3n) is 3.76. The molecule has 0 spiro atoms. The minimum atomic E-state index is -0.444. The van der Waals surface area contributed by atoms with Crippen molar-refractivity contribution in [3.63, 3.8) is 0 Å². The molecule has 3 rings (SSSR count). The number of hydrogen-bond donors (Lipinski definition) is 1. The maximum absolute atomic E-state index is 12.0. The van der Waals surface area contributed by atoms with Crippen LogP contribution in [0.5, 0.6) is 11.5 Å². The molecule has 1 N–H and O–H groups in total. The number of benzene rings is 2. The van der Waals surface area contributed by atoms with E-state index in [1.54, 1.807) is 32.4 Å². The Morgan fingerprint density at radius 3 is 2.64 bits per heavy atom. The van der Waals surface area contributed by atoms with E-state index in [9.17, 15) is 4.79 Å². The lowest BCUT2D eigenvalue weighted by Crippen LogP contribution is -2.01. The molecule has 0 aliphatic rings. The van der Waals surface area contributed by atoms with E-state index in [1.165, 1.54) is 17.4 Å². The van der Waals surface area contributed by atoms with Gasteiger partial charge in [0.15, 0.2) is 16.6 Å². The van der Waals surface area contributed by atoms with Gasteiger partial charge in [-0.3, -0.25) is 0 Å². The molecular formula is C21H20N2O4S. The third-order valence-corrected chi connectivity index (χ3v) is 4.57. The highest BCUT2D eigenvalue weighted by Crippen LogP contribution is 2.28. The van der Waals surface area contributed by atoms with E-state index in [2.05, 4.69) is 10.3 Å². The van der Waals surface area contributed by atoms with Crippen LogP contribution in [0.25, 0.3) is 6.08 Å². The van der Waals surface area contributed by atoms with Crippen LogP contribution in [0.15, 0.2) is 60.0 Å². The standard InChI is InChI=1S/C21H20N2O4S/c1-25-18-10-8-15(12-19(18)26-2)9-11-20(24)27-13-17-14-28-21(23-17)22-16-6-4-3-5-7-16/h3-12,14H,13H2,1-2H3,(H,22,23). The first-order valence-electron chi connectivity index (χ1n) is 8.51. The van der Waals surface area contributed by atoms with Crippen LogP contribution < -0.4 is 14.8 Å². The molecule has 1 aromatic heterocycles. The van der Waals surface area contributed by atoms with Crippen molar-refractivity contribution in [1.82, 2.24) is 4.98 Å². The highest BCUT2D eigenvalue weighted by molar-refractivity contribution is 7.13. The molecule has 0 aliphatic heterocycles. The average molecular weight is 396 g/mol. The number of aromatic nitrogens is 1. The molecule has 28 heavy (non-hydrogen) atoms. The van der Waals surface area contributed by atoms with Gasteiger partial charge < -0.3 is 19.5 Å². The third kappa shape index (κ3) is 5.34. The maximum atomic E-state index is 12.0. The maximum Gasteiger partial charge on any atom is 0.331 e. The van der Waals surface area contributed by atoms with E-state index in [0.29, 0.717) is 17.2 Å². The number of rotatable bonds is 8. The predicted octanol–water partition coefficient (Wildman–Crippen LogP) is 4.66. The zero-order valence-electron chi connectivity index (χ0n) is 15.5. The fraction of sp³-hybridized carbons (Fsp3) is 0.143. The van der Waals surface area contributed by atoms with Crippen molar-refractivity contribution < 1.29 is 19.0 Å². The number of anilines is 2. The summed E-state index contributed by atoms with van der Waals surface area (Å²) in [6.45, 7) is 0.113. The molecule has 7 heteroatoms. The second-order valence-electron chi connectivity index (χ2n) is 5.69. The highest BCUT2D eigenvalue weighted by Gasteiger charge is 2.06. The Bertz CT molecular complexity index is 954. The fourth-order valence-corrected chi connectivity index (χ4v) is 3.10. The number of para-hydroxylation sites is 1. The topological polar surface area (TPSA) is 69.7 Å². The Hall–Kier alpha value is -3.32. The van der Waals surface area contributed by atoms with Gasteiger partial charge in [0.1, 0.15) is 6.61 Å². The summed E-state index contributed by atoms with van der Waals surface area (Å²) in [4.78, 5) is 16.4. The van der Waals surface area contributed by atoms with E-state index in [-0.39, 0.29) is 6.61 Å². The van der Waals surface area contributed by atoms with E-state index in [4.69, 9.17) is 14.2 Å². The van der Waals surface area contributed by atoms with Crippen molar-refractivity contribution in [1.29, 1.82) is 0 Å². The van der Waals surface area contributed by atoms with Crippen molar-refractivity contribution in [2.75, 3.05) is 19.5 Å². The molecule has 0 saturated heterocycles. The lowest BCUT2D eigenvalue weighted by Gasteiger charge is -2.07. The molecule has 0 radical (unpaired) electrons. The van der Waals surface area contributed by atoms with Crippen molar-refractivity contribution in [3.8, 4) is 11.5 Å². The van der Waals surface area contributed by atoms with Crippen LogP contribution in [0.4, 0.5) is 10.8 Å². The normalized spacial score (nSPS) is 10.6. The smallest absolute Gasteiger partial charge is 0.331 e. The van der Waals surface area contributed by atoms with Gasteiger partial charge in [0.05, 0.1) is 19.9 Å². The Kier molecular flexibility index (Phi) is 6.64. The van der Waals surface area contributed by atoms with E-state index < -0.39 is 5.97 Å². The molecule has 0 aliphatic carbocycles. The Morgan fingerprint density at radius 2 is 1.89 bits per heavy atom. The number of carbonyl (C=O) groups is 1. The zero-order chi connectivity index (χ0) is 19.8. The second-order valence-corrected chi connectivity index (χ2v) is 6.55. The molecule has 0 atom stereocenters. The summed E-state index contributed by atoms with van der Waals surface area (Å²) in [6.07, 6.45) is 3.03. The number of nitrogens with one attached hydrogen (secondary N) is 1. The summed E-state index contributed by atoms with van der Waals surface area (Å²) in [5.41, 5.74) is 2.45. The number of hydrogen-bond acceptors (Lipinski definition) is 7. The average Bonchev–Trinajstić information content (AvgIpc) is 3.18. The van der Waals surface area contributed by atoms with Gasteiger partial charge in [-0.25, -0.2) is 9.78 Å². The molecule has 0 saturated carbocycles. The van der Waals surface area contributed by atoms with Gasteiger partial charge in [-0.2, -0.15) is 0 Å². The molecule has 0 amide bonds. The summed E-state index contributed by atoms with van der Waals surface area (Å²) in [5.74, 6) is 0.782. The zero-order valence-corrected chi connectivity index (χ0v) is 16.4. The molecular weight excluding hydrogens is 376 g/mol. The van der Waals surface area contributed by atoms with Crippen LogP contribution >= 0.6 is 11.3 Å². The molecule has 0 unspecified atom stereocenters. The van der Waals surface area contributed by atoms with Crippen molar-refractivity contribution >= 4 is 34.2 Å². The summed E-state index contributed by atoms with van der Waals surface area (Å²) < 4.78 is 15.7. The Labute approximate surface area is 167 Å². The van der Waals surface area contributed by atoms with Gasteiger partial charge in [-0.1, -0.05) is 24.3 Å². The van der Waals surface area contributed by atoms with Crippen LogP contribution in [-0.2, 0) is 16.1 Å². The molecule has 0 bridgehead atoms. The summed E-state index contributed by atoms with van der Waals surface area (Å²) in [6, 6.07) is 15.2. The van der Waals surface area contributed by atoms with Gasteiger partial charge in [0.25, 0.3) is 0 Å². The molecule has 2 aromatic carbocycles. The minimum Gasteiger partial charge on any atom is -0.493 e. The predicted molar refractivity (Wildman–Crippen MR) is 110 cm³/mol. The van der Waals surface area contributed by atoms with Gasteiger partial charge in [0, 0.05) is 17.1 Å². The first-order valence-corrected chi connectivity index (χ1v) is 9.39. The van der Waals surface area contributed by atoms with Gasteiger partial charge in [0.2, 0.25) is 0 Å². The first-order chi connectivity index (χ1) is 13.7. The van der Waals surface area contributed by atoms with Crippen LogP contribution in [0, 0.1) is 0 Å². The van der Waals surface area contributed by atoms with Crippen LogP contribution in [0.3, 0.4) is 0 Å². The van der Waals surface area contributed by atoms with Crippen LogP contribution in [-0.4, -0.2) is 25.2 Å². The number of esters is 1. The summed E-state index contributed by atoms with van der Waals surface area (Å²) in [5, 5.41) is 5.82. The molecule has 6 nitrogen and oxygen atoms in total. The van der Waals surface area contributed by atoms with Crippen molar-refractivity contribution in [3.05, 3.63) is 71.2 Å². The monoisotopic (exact) mass is 396 g/mol. The Balaban J connectivity index is 1.52. The van der Waals surface area contributed by atoms with Crippen LogP contribution in [0.1, 0.15) is 11.3 Å². The summed E-state index contributed by atoms with van der Waals surface area (Å²) in [7, 11) is 3.14. The number of ether oxygens (including phenoxy) is 3. The Morgan fingerprint density at radius 1 is 1.11 bits per heavy atom. The number of methoxy groups -OCH3 is 2. The molecule has 0 fully saturated rings. The van der Waals surface area contributed by atoms with Gasteiger partial charge >= 0.3 is 5.97 Å². The lowest BCUT2D eigenvalue weighted by molar-refractivity contribution is -0.139. The van der Waals surface area contributed by atoms with Crippen LogP contribution in [0.2, 0.25) is 0 Å².